The van der Waals surface area contributed by atoms with Gasteiger partial charge in [0.25, 0.3) is 0 Å². The maximum Gasteiger partial charge on any atom is 0.394 e. The summed E-state index contributed by atoms with van der Waals surface area (Å²) >= 11 is 0. The number of hydrogen-bond acceptors (Lipinski definition) is 3. The van der Waals surface area contributed by atoms with E-state index in [9.17, 15) is 21.6 Å². The highest BCUT2D eigenvalue weighted by Crippen LogP contribution is 2.30. The number of alkyl halides is 3. The van der Waals surface area contributed by atoms with Gasteiger partial charge in [0.15, 0.2) is 9.84 Å². The van der Waals surface area contributed by atoms with E-state index in [2.05, 4.69) is 0 Å². The summed E-state index contributed by atoms with van der Waals surface area (Å²) in [4.78, 5) is -0.0409. The molecule has 1 aliphatic carbocycles. The van der Waals surface area contributed by atoms with Crippen molar-refractivity contribution >= 4 is 9.84 Å². The zero-order chi connectivity index (χ0) is 15.0. The van der Waals surface area contributed by atoms with E-state index >= 15 is 0 Å². The normalized spacial score (nSPS) is 17.0. The summed E-state index contributed by atoms with van der Waals surface area (Å²) in [5.74, 6) is -3.02. The Balaban J connectivity index is 2.26. The minimum Gasteiger partial charge on any atom is -0.330 e. The van der Waals surface area contributed by atoms with Gasteiger partial charge in [-0.1, -0.05) is 6.07 Å². The average molecular weight is 307 g/mol. The molecule has 1 aromatic rings. The second kappa shape index (κ2) is 5.37. The summed E-state index contributed by atoms with van der Waals surface area (Å²) in [5, 5.41) is 0. The molecule has 0 fully saturated rings. The van der Waals surface area contributed by atoms with Gasteiger partial charge in [0, 0.05) is 6.54 Å². The van der Waals surface area contributed by atoms with Crippen LogP contribution in [0, 0.1) is 5.92 Å². The van der Waals surface area contributed by atoms with E-state index < -0.39 is 34.2 Å². The molecule has 1 aromatic carbocycles. The van der Waals surface area contributed by atoms with Crippen LogP contribution in [0.4, 0.5) is 13.2 Å². The molecule has 1 aliphatic rings. The van der Waals surface area contributed by atoms with Gasteiger partial charge in [0.2, 0.25) is 0 Å². The van der Waals surface area contributed by atoms with Gasteiger partial charge in [-0.25, -0.2) is 8.42 Å². The lowest BCUT2D eigenvalue weighted by Crippen LogP contribution is -2.36. The second-order valence-corrected chi connectivity index (χ2v) is 7.07. The number of aryl methyl sites for hydroxylation is 2. The lowest BCUT2D eigenvalue weighted by Gasteiger charge is -2.18. The third-order valence-corrected chi connectivity index (χ3v) is 5.41. The van der Waals surface area contributed by atoms with Crippen molar-refractivity contribution in [3.8, 4) is 0 Å². The second-order valence-electron chi connectivity index (χ2n) is 5.04. The summed E-state index contributed by atoms with van der Waals surface area (Å²) in [7, 11) is -3.98. The zero-order valence-corrected chi connectivity index (χ0v) is 11.6. The average Bonchev–Trinajstić information content (AvgIpc) is 2.81. The third kappa shape index (κ3) is 3.15. The van der Waals surface area contributed by atoms with Crippen LogP contribution in [0.5, 0.6) is 0 Å². The van der Waals surface area contributed by atoms with Crippen molar-refractivity contribution in [3.05, 3.63) is 29.3 Å². The van der Waals surface area contributed by atoms with Crippen LogP contribution in [-0.4, -0.2) is 26.9 Å². The summed E-state index contributed by atoms with van der Waals surface area (Å²) in [6.45, 7) is -0.729. The van der Waals surface area contributed by atoms with Crippen molar-refractivity contribution in [2.45, 2.75) is 30.3 Å². The van der Waals surface area contributed by atoms with Gasteiger partial charge in [0.05, 0.1) is 16.6 Å². The molecule has 0 bridgehead atoms. The molecule has 0 aliphatic heterocycles. The SMILES string of the molecule is NCC(CS(=O)(=O)c1ccc2c(c1)CCC2)C(F)(F)F. The summed E-state index contributed by atoms with van der Waals surface area (Å²) in [6, 6.07) is 4.59. The molecular weight excluding hydrogens is 291 g/mol. The first-order chi connectivity index (χ1) is 9.24. The largest absolute Gasteiger partial charge is 0.394 e. The minimum absolute atomic E-state index is 0.0409. The van der Waals surface area contributed by atoms with E-state index in [0.29, 0.717) is 0 Å². The Morgan fingerprint density at radius 2 is 1.85 bits per heavy atom. The van der Waals surface area contributed by atoms with Crippen LogP contribution >= 0.6 is 0 Å². The fraction of sp³-hybridized carbons (Fsp3) is 0.538. The van der Waals surface area contributed by atoms with Crippen molar-refractivity contribution in [3.63, 3.8) is 0 Å². The molecule has 0 aromatic heterocycles. The topological polar surface area (TPSA) is 60.2 Å². The van der Waals surface area contributed by atoms with Crippen LogP contribution < -0.4 is 5.73 Å². The molecule has 0 spiro atoms. The number of hydrogen-bond donors (Lipinski definition) is 1. The van der Waals surface area contributed by atoms with E-state index in [-0.39, 0.29) is 4.90 Å². The van der Waals surface area contributed by atoms with Crippen molar-refractivity contribution in [2.75, 3.05) is 12.3 Å². The Morgan fingerprint density at radius 1 is 1.20 bits per heavy atom. The number of benzene rings is 1. The number of rotatable bonds is 4. The van der Waals surface area contributed by atoms with Gasteiger partial charge in [-0.15, -0.1) is 0 Å². The Hall–Kier alpha value is -1.08. The van der Waals surface area contributed by atoms with Crippen LogP contribution in [0.3, 0.4) is 0 Å². The summed E-state index contributed by atoms with van der Waals surface area (Å²) in [5.41, 5.74) is 7.05. The first-order valence-electron chi connectivity index (χ1n) is 6.35. The zero-order valence-electron chi connectivity index (χ0n) is 10.8. The molecule has 20 heavy (non-hydrogen) atoms. The Labute approximate surface area is 115 Å². The van der Waals surface area contributed by atoms with Gasteiger partial charge < -0.3 is 5.73 Å². The molecule has 3 nitrogen and oxygen atoms in total. The van der Waals surface area contributed by atoms with Gasteiger partial charge in [0.1, 0.15) is 0 Å². The predicted octanol–water partition coefficient (Wildman–Crippen LogP) is 2.09. The Bertz CT molecular complexity index is 596. The predicted molar refractivity (Wildman–Crippen MR) is 69.1 cm³/mol. The quantitative estimate of drug-likeness (QED) is 0.926. The van der Waals surface area contributed by atoms with E-state index in [0.717, 1.165) is 30.4 Å². The van der Waals surface area contributed by atoms with Crippen LogP contribution in [0.1, 0.15) is 17.5 Å². The number of halogens is 3. The fourth-order valence-electron chi connectivity index (χ4n) is 2.40. The number of nitrogens with two attached hydrogens (primary N) is 1. The Kier molecular flexibility index (Phi) is 4.11. The van der Waals surface area contributed by atoms with E-state index in [1.165, 1.54) is 12.1 Å². The fourth-order valence-corrected chi connectivity index (χ4v) is 4.04. The summed E-state index contributed by atoms with van der Waals surface area (Å²) in [6.07, 6.45) is -1.98. The molecule has 2 rings (SSSR count). The maximum absolute atomic E-state index is 12.6. The molecule has 2 N–H and O–H groups in total. The molecule has 1 unspecified atom stereocenters. The lowest BCUT2D eigenvalue weighted by molar-refractivity contribution is -0.165. The first kappa shape index (κ1) is 15.3. The standard InChI is InChI=1S/C13H16F3NO2S/c14-13(15,16)11(7-17)8-20(18,19)12-5-4-9-2-1-3-10(9)6-12/h4-6,11H,1-3,7-8,17H2. The molecular formula is C13H16F3NO2S. The molecule has 0 amide bonds. The molecule has 112 valence electrons. The lowest BCUT2D eigenvalue weighted by atomic mass is 10.1. The van der Waals surface area contributed by atoms with Gasteiger partial charge >= 0.3 is 6.18 Å². The van der Waals surface area contributed by atoms with Crippen molar-refractivity contribution < 1.29 is 21.6 Å². The third-order valence-electron chi connectivity index (χ3n) is 3.60. The van der Waals surface area contributed by atoms with E-state index in [1.54, 1.807) is 6.07 Å². The smallest absolute Gasteiger partial charge is 0.330 e. The monoisotopic (exact) mass is 307 g/mol. The maximum atomic E-state index is 12.6. The van der Waals surface area contributed by atoms with Crippen molar-refractivity contribution in [1.82, 2.24) is 0 Å². The van der Waals surface area contributed by atoms with Crippen LogP contribution in [0.2, 0.25) is 0 Å². The number of fused-ring (bicyclic) bond motifs is 1. The van der Waals surface area contributed by atoms with E-state index in [4.69, 9.17) is 5.73 Å². The molecule has 7 heteroatoms. The van der Waals surface area contributed by atoms with Crippen LogP contribution in [-0.2, 0) is 22.7 Å². The van der Waals surface area contributed by atoms with Gasteiger partial charge in [-0.05, 0) is 42.5 Å². The minimum atomic E-state index is -4.60. The molecule has 0 saturated heterocycles. The van der Waals surface area contributed by atoms with E-state index in [1.807, 2.05) is 0 Å². The highest BCUT2D eigenvalue weighted by molar-refractivity contribution is 7.91. The van der Waals surface area contributed by atoms with Crippen molar-refractivity contribution in [2.24, 2.45) is 11.7 Å². The number of sulfone groups is 1. The van der Waals surface area contributed by atoms with Gasteiger partial charge in [-0.2, -0.15) is 13.2 Å². The van der Waals surface area contributed by atoms with Crippen LogP contribution in [0.25, 0.3) is 0 Å². The molecule has 0 saturated carbocycles. The molecule has 1 atom stereocenters. The summed E-state index contributed by atoms with van der Waals surface area (Å²) < 4.78 is 62.1. The van der Waals surface area contributed by atoms with Crippen LogP contribution in [0.15, 0.2) is 23.1 Å². The van der Waals surface area contributed by atoms with Crippen molar-refractivity contribution in [1.29, 1.82) is 0 Å². The molecule has 0 heterocycles. The Morgan fingerprint density at radius 3 is 2.45 bits per heavy atom. The van der Waals surface area contributed by atoms with Gasteiger partial charge in [-0.3, -0.25) is 0 Å². The first-order valence-corrected chi connectivity index (χ1v) is 8.00. The molecule has 0 radical (unpaired) electrons. The highest BCUT2D eigenvalue weighted by atomic mass is 32.2. The highest BCUT2D eigenvalue weighted by Gasteiger charge is 2.41.